The second-order valence-corrected chi connectivity index (χ2v) is 7.35. The maximum absolute atomic E-state index is 13.8. The molecule has 0 aliphatic rings. The van der Waals surface area contributed by atoms with Gasteiger partial charge in [0, 0.05) is 17.8 Å². The fourth-order valence-electron chi connectivity index (χ4n) is 2.66. The van der Waals surface area contributed by atoms with Gasteiger partial charge in [0.15, 0.2) is 0 Å². The number of H-pyrrole nitrogens is 1. The molecule has 0 bridgehead atoms. The van der Waals surface area contributed by atoms with E-state index in [1.54, 1.807) is 38.1 Å². The van der Waals surface area contributed by atoms with Crippen molar-refractivity contribution in [3.8, 4) is 11.3 Å². The van der Waals surface area contributed by atoms with Gasteiger partial charge in [-0.05, 0) is 37.6 Å². The van der Waals surface area contributed by atoms with E-state index in [9.17, 15) is 14.3 Å². The lowest BCUT2D eigenvalue weighted by molar-refractivity contribution is 0.0933. The van der Waals surface area contributed by atoms with Gasteiger partial charge in [0.2, 0.25) is 0 Å². The lowest BCUT2D eigenvalue weighted by Gasteiger charge is -2.13. The monoisotopic (exact) mass is 388 g/mol. The molecule has 3 rings (SSSR count). The second-order valence-electron chi connectivity index (χ2n) is 6.23. The van der Waals surface area contributed by atoms with Crippen LogP contribution in [-0.4, -0.2) is 27.5 Å². The van der Waals surface area contributed by atoms with E-state index in [-0.39, 0.29) is 24.9 Å². The summed E-state index contributed by atoms with van der Waals surface area (Å²) in [6.07, 6.45) is 0. The fraction of sp³-hybridized carbons (Fsp3) is 0.263. The minimum absolute atomic E-state index is 0.0954. The molecule has 0 spiro atoms. The summed E-state index contributed by atoms with van der Waals surface area (Å²) in [7, 11) is 0. The summed E-state index contributed by atoms with van der Waals surface area (Å²) in [5, 5.41) is 12.8. The molecule has 27 heavy (non-hydrogen) atoms. The van der Waals surface area contributed by atoms with Crippen LogP contribution in [0.25, 0.3) is 11.3 Å². The third-order valence-corrected chi connectivity index (χ3v) is 5.56. The fourth-order valence-corrected chi connectivity index (χ4v) is 3.65. The topological polar surface area (TPSA) is 104 Å². The van der Waals surface area contributed by atoms with Crippen LogP contribution >= 0.6 is 11.3 Å². The van der Waals surface area contributed by atoms with E-state index >= 15 is 0 Å². The number of thiazole rings is 1. The summed E-state index contributed by atoms with van der Waals surface area (Å²) in [5.41, 5.74) is 8.75. The predicted molar refractivity (Wildman–Crippen MR) is 103 cm³/mol. The number of carbonyl (C=O) groups excluding carboxylic acids is 1. The van der Waals surface area contributed by atoms with Gasteiger partial charge in [-0.25, -0.2) is 9.37 Å². The molecule has 1 aromatic carbocycles. The molecule has 3 aromatic rings. The minimum atomic E-state index is -0.454. The van der Waals surface area contributed by atoms with Gasteiger partial charge in [-0.15, -0.1) is 11.3 Å². The Labute approximate surface area is 160 Å². The normalized spacial score (nSPS) is 12.2. The van der Waals surface area contributed by atoms with Crippen molar-refractivity contribution in [1.82, 2.24) is 15.3 Å². The lowest BCUT2D eigenvalue weighted by Crippen LogP contribution is -2.33. The number of aromatic amines is 1. The van der Waals surface area contributed by atoms with Gasteiger partial charge in [-0.1, -0.05) is 12.1 Å². The minimum Gasteiger partial charge on any atom is -0.391 e. The molecule has 0 radical (unpaired) electrons. The molecular weight excluding hydrogens is 367 g/mol. The Bertz CT molecular complexity index is 967. The average molecular weight is 388 g/mol. The molecule has 142 valence electrons. The number of aliphatic hydroxyl groups is 1. The van der Waals surface area contributed by atoms with E-state index in [4.69, 9.17) is 5.73 Å². The van der Waals surface area contributed by atoms with E-state index in [2.05, 4.69) is 15.3 Å². The van der Waals surface area contributed by atoms with Gasteiger partial charge in [0.05, 0.1) is 23.2 Å². The van der Waals surface area contributed by atoms with E-state index in [0.717, 1.165) is 10.6 Å². The van der Waals surface area contributed by atoms with Gasteiger partial charge in [-0.2, -0.15) is 0 Å². The quantitative estimate of drug-likeness (QED) is 0.521. The first-order chi connectivity index (χ1) is 12.9. The Morgan fingerprint density at radius 3 is 2.78 bits per heavy atom. The maximum atomic E-state index is 13.8. The van der Waals surface area contributed by atoms with Gasteiger partial charge < -0.3 is 21.1 Å². The van der Waals surface area contributed by atoms with Crippen LogP contribution in [0, 0.1) is 19.7 Å². The number of benzene rings is 1. The number of amides is 1. The first-order valence-corrected chi connectivity index (χ1v) is 9.28. The highest BCUT2D eigenvalue weighted by molar-refractivity contribution is 7.11. The third-order valence-electron chi connectivity index (χ3n) is 4.31. The molecule has 0 saturated heterocycles. The van der Waals surface area contributed by atoms with Crippen molar-refractivity contribution in [1.29, 1.82) is 0 Å². The van der Waals surface area contributed by atoms with E-state index in [0.29, 0.717) is 27.5 Å². The molecule has 1 atom stereocenters. The zero-order valence-corrected chi connectivity index (χ0v) is 15.9. The number of aliphatic hydroxyl groups excluding tert-OH is 1. The maximum Gasteiger partial charge on any atom is 0.268 e. The van der Waals surface area contributed by atoms with Crippen molar-refractivity contribution in [3.05, 3.63) is 63.0 Å². The summed E-state index contributed by atoms with van der Waals surface area (Å²) >= 11 is 1.33. The Hall–Kier alpha value is -2.55. The second kappa shape index (κ2) is 7.99. The number of hydrogen-bond donors (Lipinski definition) is 4. The van der Waals surface area contributed by atoms with Crippen LogP contribution in [-0.2, 0) is 6.61 Å². The van der Waals surface area contributed by atoms with E-state index in [1.807, 2.05) is 0 Å². The first-order valence-electron chi connectivity index (χ1n) is 8.46. The number of carbonyl (C=O) groups is 1. The molecule has 2 aromatic heterocycles. The largest absolute Gasteiger partial charge is 0.391 e. The lowest BCUT2D eigenvalue weighted by atomic mass is 10.1. The standard InChI is InChI=1S/C19H21FN4O2S/c1-10-3-4-12(7-13(10)20)14-5-6-15(23-14)18(26)24-16(8-21)19-22-11(2)17(9-25)27-19/h3-7,16,23,25H,8-9,21H2,1-2H3,(H,24,26). The molecule has 6 nitrogen and oxygen atoms in total. The number of nitrogens with two attached hydrogens (primary N) is 1. The Morgan fingerprint density at radius 1 is 1.37 bits per heavy atom. The molecule has 1 amide bonds. The summed E-state index contributed by atoms with van der Waals surface area (Å²) in [4.78, 5) is 20.7. The van der Waals surface area contributed by atoms with Crippen molar-refractivity contribution in [3.63, 3.8) is 0 Å². The molecule has 0 aliphatic carbocycles. The van der Waals surface area contributed by atoms with Crippen LogP contribution < -0.4 is 11.1 Å². The van der Waals surface area contributed by atoms with Crippen LogP contribution in [0.4, 0.5) is 4.39 Å². The molecule has 8 heteroatoms. The molecule has 2 heterocycles. The number of hydrogen-bond acceptors (Lipinski definition) is 5. The highest BCUT2D eigenvalue weighted by Crippen LogP contribution is 2.24. The SMILES string of the molecule is Cc1ccc(-c2ccc(C(=O)NC(CN)c3nc(C)c(CO)s3)[nH]2)cc1F. The summed E-state index contributed by atoms with van der Waals surface area (Å²) in [6, 6.07) is 7.84. The van der Waals surface area contributed by atoms with Gasteiger partial charge >= 0.3 is 0 Å². The van der Waals surface area contributed by atoms with Crippen molar-refractivity contribution >= 4 is 17.2 Å². The summed E-state index contributed by atoms with van der Waals surface area (Å²) < 4.78 is 13.8. The summed E-state index contributed by atoms with van der Waals surface area (Å²) in [6.45, 7) is 3.59. The summed E-state index contributed by atoms with van der Waals surface area (Å²) in [5.74, 6) is -0.627. The smallest absolute Gasteiger partial charge is 0.268 e. The van der Waals surface area contributed by atoms with Crippen LogP contribution in [0.15, 0.2) is 30.3 Å². The van der Waals surface area contributed by atoms with Crippen LogP contribution in [0.5, 0.6) is 0 Å². The Kier molecular flexibility index (Phi) is 5.69. The Balaban J connectivity index is 1.77. The third kappa shape index (κ3) is 4.08. The van der Waals surface area contributed by atoms with Crippen molar-refractivity contribution in [2.75, 3.05) is 6.54 Å². The molecule has 5 N–H and O–H groups in total. The number of halogens is 1. The van der Waals surface area contributed by atoms with Crippen molar-refractivity contribution < 1.29 is 14.3 Å². The van der Waals surface area contributed by atoms with Crippen LogP contribution in [0.3, 0.4) is 0 Å². The zero-order valence-electron chi connectivity index (χ0n) is 15.0. The van der Waals surface area contributed by atoms with Gasteiger partial charge in [-0.3, -0.25) is 4.79 Å². The average Bonchev–Trinajstić information content (AvgIpc) is 3.28. The highest BCUT2D eigenvalue weighted by atomic mass is 32.1. The molecular formula is C19H21FN4O2S. The number of nitrogens with zero attached hydrogens (tertiary/aromatic N) is 1. The van der Waals surface area contributed by atoms with Crippen molar-refractivity contribution in [2.45, 2.75) is 26.5 Å². The number of aryl methyl sites for hydroxylation is 2. The van der Waals surface area contributed by atoms with E-state index < -0.39 is 6.04 Å². The van der Waals surface area contributed by atoms with Crippen LogP contribution in [0.1, 0.15) is 37.7 Å². The predicted octanol–water partition coefficient (Wildman–Crippen LogP) is 2.82. The number of nitrogens with one attached hydrogen (secondary N) is 2. The number of rotatable bonds is 6. The molecule has 0 fully saturated rings. The van der Waals surface area contributed by atoms with Crippen molar-refractivity contribution in [2.24, 2.45) is 5.73 Å². The van der Waals surface area contributed by atoms with Gasteiger partial charge in [0.1, 0.15) is 16.5 Å². The molecule has 0 saturated carbocycles. The van der Waals surface area contributed by atoms with E-state index in [1.165, 1.54) is 17.4 Å². The first kappa shape index (κ1) is 19.2. The zero-order chi connectivity index (χ0) is 19.6. The van der Waals surface area contributed by atoms with Gasteiger partial charge in [0.25, 0.3) is 5.91 Å². The number of aromatic nitrogens is 2. The molecule has 0 aliphatic heterocycles. The Morgan fingerprint density at radius 2 is 2.15 bits per heavy atom. The van der Waals surface area contributed by atoms with Crippen LogP contribution in [0.2, 0.25) is 0 Å². The molecule has 1 unspecified atom stereocenters. The highest BCUT2D eigenvalue weighted by Gasteiger charge is 2.20.